The number of hydrogen-bond acceptors (Lipinski definition) is 4. The molecule has 4 fully saturated rings. The Morgan fingerprint density at radius 1 is 0.576 bits per heavy atom. The Balaban J connectivity index is 0.931. The van der Waals surface area contributed by atoms with Crippen LogP contribution in [0.15, 0.2) is 157 Å². The van der Waals surface area contributed by atoms with Gasteiger partial charge in [0, 0.05) is 28.2 Å². The van der Waals surface area contributed by atoms with E-state index < -0.39 is 5.41 Å². The fourth-order valence-electron chi connectivity index (χ4n) is 14.1. The number of aromatic nitrogens is 3. The van der Waals surface area contributed by atoms with E-state index in [0.29, 0.717) is 16.7 Å². The summed E-state index contributed by atoms with van der Waals surface area (Å²) < 4.78 is 6.63. The molecule has 1 aliphatic heterocycles. The normalized spacial score (nSPS) is 28.0. The van der Waals surface area contributed by atoms with Crippen LogP contribution in [0.3, 0.4) is 0 Å². The topological polar surface area (TPSA) is 47.9 Å². The zero-order valence-corrected chi connectivity index (χ0v) is 32.9. The van der Waals surface area contributed by atoms with Crippen molar-refractivity contribution >= 4 is 10.8 Å². The molecule has 59 heavy (non-hydrogen) atoms. The fourth-order valence-corrected chi connectivity index (χ4v) is 14.1. The SMILES string of the molecule is C1=CC(c2nc(-c3ccc4c(c3)C3(c5ccccc5Oc5ccccc53)c3ccccc3-4)nc(-c3cccc4ccccc34)n2)CC=C1C12CC3C[C@H]4C[C@@H](C1)CC34C2. The summed E-state index contributed by atoms with van der Waals surface area (Å²) in [6.45, 7) is 0. The number of ether oxygens (including phenoxy) is 1. The maximum atomic E-state index is 6.63. The van der Waals surface area contributed by atoms with Gasteiger partial charge in [-0.1, -0.05) is 133 Å². The van der Waals surface area contributed by atoms with Crippen molar-refractivity contribution in [3.63, 3.8) is 0 Å². The van der Waals surface area contributed by atoms with Crippen LogP contribution in [0, 0.1) is 28.6 Å². The molecule has 6 atom stereocenters. The van der Waals surface area contributed by atoms with Crippen LogP contribution in [-0.2, 0) is 5.41 Å². The van der Waals surface area contributed by atoms with Crippen LogP contribution in [0.5, 0.6) is 11.5 Å². The number of nitrogens with zero attached hydrogens (tertiary/aromatic N) is 3. The number of fused-ring (bicyclic) bond motifs is 12. The standard InChI is InChI=1S/C55H43N3O/c1-2-12-40-34(10-1)11-9-14-43(40)52-57-50(35-20-23-37(24-21-35)53-29-33-26-38-28-39(31-53)54(38,30-33)32-53)56-51(58-52)36-22-25-42-41-13-3-4-15-44(41)55(47(42)27-36)45-16-5-7-18-48(45)59-49-19-8-6-17-46(49)55/h1-20,22-25,27,33,35,38-39H,21,26,28-32H2/t33-,35?,38+,39?,53?,54?/m0/s1. The van der Waals surface area contributed by atoms with Crippen LogP contribution < -0.4 is 4.74 Å². The Kier molecular flexibility index (Phi) is 6.41. The van der Waals surface area contributed by atoms with Gasteiger partial charge in [0.25, 0.3) is 0 Å². The molecule has 4 nitrogen and oxygen atoms in total. The third-order valence-electron chi connectivity index (χ3n) is 16.3. The third kappa shape index (κ3) is 4.27. The summed E-state index contributed by atoms with van der Waals surface area (Å²) in [5.41, 5.74) is 11.4. The molecule has 7 aromatic rings. The summed E-state index contributed by atoms with van der Waals surface area (Å²) in [7, 11) is 0. The maximum absolute atomic E-state index is 6.63. The lowest BCUT2D eigenvalue weighted by Crippen LogP contribution is -2.42. The molecule has 14 rings (SSSR count). The van der Waals surface area contributed by atoms with Gasteiger partial charge in [0.05, 0.1) is 5.41 Å². The molecule has 0 saturated heterocycles. The largest absolute Gasteiger partial charge is 0.457 e. The second-order valence-electron chi connectivity index (χ2n) is 18.9. The molecule has 4 saturated carbocycles. The molecular formula is C55H43N3O. The van der Waals surface area contributed by atoms with Gasteiger partial charge in [0.15, 0.2) is 11.6 Å². The molecule has 284 valence electrons. The Morgan fingerprint density at radius 3 is 2.15 bits per heavy atom. The first-order valence-corrected chi connectivity index (χ1v) is 21.8. The molecule has 0 radical (unpaired) electrons. The van der Waals surface area contributed by atoms with Crippen LogP contribution in [0.2, 0.25) is 0 Å². The summed E-state index contributed by atoms with van der Waals surface area (Å²) in [4.78, 5) is 16.2. The minimum atomic E-state index is -0.563. The van der Waals surface area contributed by atoms with Gasteiger partial charge in [-0.05, 0) is 130 Å². The molecule has 7 aliphatic rings. The molecular weight excluding hydrogens is 719 g/mol. The highest BCUT2D eigenvalue weighted by molar-refractivity contribution is 5.95. The van der Waals surface area contributed by atoms with Crippen LogP contribution in [-0.4, -0.2) is 15.0 Å². The van der Waals surface area contributed by atoms with E-state index in [1.54, 1.807) is 5.57 Å². The van der Waals surface area contributed by atoms with Crippen LogP contribution >= 0.6 is 0 Å². The maximum Gasteiger partial charge on any atom is 0.164 e. The quantitative estimate of drug-likeness (QED) is 0.179. The van der Waals surface area contributed by atoms with Gasteiger partial charge >= 0.3 is 0 Å². The van der Waals surface area contributed by atoms with E-state index in [4.69, 9.17) is 19.7 Å². The van der Waals surface area contributed by atoms with Crippen molar-refractivity contribution in [1.29, 1.82) is 0 Å². The van der Waals surface area contributed by atoms with Gasteiger partial charge < -0.3 is 4.74 Å². The molecule has 2 spiro atoms. The fraction of sp³-hybridized carbons (Fsp3) is 0.255. The van der Waals surface area contributed by atoms with Crippen molar-refractivity contribution in [3.8, 4) is 45.4 Å². The van der Waals surface area contributed by atoms with Crippen LogP contribution in [0.25, 0.3) is 44.7 Å². The van der Waals surface area contributed by atoms with Crippen molar-refractivity contribution in [1.82, 2.24) is 15.0 Å². The number of hydrogen-bond donors (Lipinski definition) is 0. The highest BCUT2D eigenvalue weighted by atomic mass is 16.5. The van der Waals surface area contributed by atoms with Crippen molar-refractivity contribution in [2.24, 2.45) is 28.6 Å². The van der Waals surface area contributed by atoms with E-state index in [2.05, 4.69) is 152 Å². The Morgan fingerprint density at radius 2 is 1.31 bits per heavy atom. The average Bonchev–Trinajstić information content (AvgIpc) is 3.77. The first-order chi connectivity index (χ1) is 29.1. The summed E-state index contributed by atoms with van der Waals surface area (Å²) in [5, 5.41) is 2.33. The van der Waals surface area contributed by atoms with Crippen molar-refractivity contribution < 1.29 is 4.74 Å². The molecule has 0 N–H and O–H groups in total. The highest BCUT2D eigenvalue weighted by Crippen LogP contribution is 2.80. The second-order valence-corrected chi connectivity index (χ2v) is 18.9. The van der Waals surface area contributed by atoms with Gasteiger partial charge in [-0.3, -0.25) is 0 Å². The van der Waals surface area contributed by atoms with E-state index >= 15 is 0 Å². The molecule has 6 aliphatic carbocycles. The number of para-hydroxylation sites is 2. The van der Waals surface area contributed by atoms with Gasteiger partial charge in [0.1, 0.15) is 17.3 Å². The predicted molar refractivity (Wildman–Crippen MR) is 233 cm³/mol. The lowest BCUT2D eigenvalue weighted by molar-refractivity contribution is -0.00118. The lowest BCUT2D eigenvalue weighted by Gasteiger charge is -2.49. The smallest absolute Gasteiger partial charge is 0.164 e. The van der Waals surface area contributed by atoms with Crippen molar-refractivity contribution in [3.05, 3.63) is 185 Å². The first kappa shape index (κ1) is 32.8. The second kappa shape index (κ2) is 11.5. The van der Waals surface area contributed by atoms with Gasteiger partial charge in [-0.15, -0.1) is 0 Å². The van der Waals surface area contributed by atoms with E-state index in [1.807, 2.05) is 0 Å². The van der Waals surface area contributed by atoms with Crippen LogP contribution in [0.1, 0.15) is 78.9 Å². The van der Waals surface area contributed by atoms with E-state index in [9.17, 15) is 0 Å². The summed E-state index contributed by atoms with van der Waals surface area (Å²) in [5.74, 6) is 7.05. The molecule has 1 aromatic heterocycles. The first-order valence-electron chi connectivity index (χ1n) is 21.8. The summed E-state index contributed by atoms with van der Waals surface area (Å²) in [6.07, 6.45) is 17.2. The minimum Gasteiger partial charge on any atom is -0.457 e. The molecule has 0 amide bonds. The molecule has 3 bridgehead atoms. The zero-order valence-electron chi connectivity index (χ0n) is 32.9. The number of rotatable bonds is 4. The molecule has 2 heterocycles. The molecule has 4 heteroatoms. The van der Waals surface area contributed by atoms with Crippen molar-refractivity contribution in [2.75, 3.05) is 0 Å². The third-order valence-corrected chi connectivity index (χ3v) is 16.3. The average molecular weight is 762 g/mol. The zero-order chi connectivity index (χ0) is 38.5. The molecule has 6 aromatic carbocycles. The van der Waals surface area contributed by atoms with E-state index in [-0.39, 0.29) is 5.92 Å². The lowest BCUT2D eigenvalue weighted by atomic mass is 9.55. The Bertz CT molecular complexity index is 2980. The summed E-state index contributed by atoms with van der Waals surface area (Å²) in [6, 6.07) is 48.0. The minimum absolute atomic E-state index is 0.0780. The Labute approximate surface area is 344 Å². The van der Waals surface area contributed by atoms with E-state index in [1.165, 1.54) is 66.2 Å². The molecule has 4 unspecified atom stereocenters. The highest BCUT2D eigenvalue weighted by Gasteiger charge is 2.71. The van der Waals surface area contributed by atoms with Gasteiger partial charge in [-0.25, -0.2) is 15.0 Å². The predicted octanol–water partition coefficient (Wildman–Crippen LogP) is 13.0. The summed E-state index contributed by atoms with van der Waals surface area (Å²) >= 11 is 0. The van der Waals surface area contributed by atoms with Gasteiger partial charge in [-0.2, -0.15) is 0 Å². The number of benzene rings is 6. The Hall–Kier alpha value is -6.13. The van der Waals surface area contributed by atoms with Crippen LogP contribution in [0.4, 0.5) is 0 Å². The van der Waals surface area contributed by atoms with Crippen molar-refractivity contribution in [2.45, 2.75) is 56.3 Å². The number of allylic oxidation sites excluding steroid dienone is 4. The monoisotopic (exact) mass is 761 g/mol. The van der Waals surface area contributed by atoms with E-state index in [0.717, 1.165) is 75.0 Å². The van der Waals surface area contributed by atoms with Gasteiger partial charge in [0.2, 0.25) is 0 Å².